The van der Waals surface area contributed by atoms with Gasteiger partial charge in [0, 0.05) is 31.4 Å². The zero-order valence-electron chi connectivity index (χ0n) is 12.3. The van der Waals surface area contributed by atoms with Crippen molar-refractivity contribution in [2.75, 3.05) is 13.1 Å². The van der Waals surface area contributed by atoms with Crippen molar-refractivity contribution >= 4 is 11.0 Å². The van der Waals surface area contributed by atoms with E-state index in [0.29, 0.717) is 18.0 Å². The molecule has 1 aliphatic rings. The van der Waals surface area contributed by atoms with Crippen LogP contribution in [0.1, 0.15) is 31.7 Å². The predicted octanol–water partition coefficient (Wildman–Crippen LogP) is 1.23. The number of aromatic nitrogens is 3. The lowest BCUT2D eigenvalue weighted by molar-refractivity contribution is 0.136. The number of rotatable bonds is 5. The van der Waals surface area contributed by atoms with Gasteiger partial charge in [-0.25, -0.2) is 4.98 Å². The maximum atomic E-state index is 11.7. The van der Waals surface area contributed by atoms with Gasteiger partial charge in [-0.2, -0.15) is 0 Å². The molecule has 0 saturated carbocycles. The molecule has 0 radical (unpaired) electrons. The van der Waals surface area contributed by atoms with Gasteiger partial charge in [0.2, 0.25) is 0 Å². The Kier molecular flexibility index (Phi) is 4.07. The number of hydrogen-bond acceptors (Lipinski definition) is 4. The minimum absolute atomic E-state index is 0.145. The van der Waals surface area contributed by atoms with Crippen LogP contribution in [0.15, 0.2) is 17.3 Å². The SMILES string of the molecule is CCCC[C@H]1CN(Cc2c[nH]c3c(=O)[nH]cnc23)C[C@@H]1O. The van der Waals surface area contributed by atoms with Gasteiger partial charge in [-0.15, -0.1) is 0 Å². The van der Waals surface area contributed by atoms with Crippen LogP contribution in [0.5, 0.6) is 0 Å². The Morgan fingerprint density at radius 3 is 3.10 bits per heavy atom. The molecule has 0 aliphatic carbocycles. The molecule has 6 heteroatoms. The number of aliphatic hydroxyl groups is 1. The van der Waals surface area contributed by atoms with Crippen LogP contribution in [0.25, 0.3) is 11.0 Å². The highest BCUT2D eigenvalue weighted by Crippen LogP contribution is 2.25. The van der Waals surface area contributed by atoms with E-state index in [4.69, 9.17) is 0 Å². The summed E-state index contributed by atoms with van der Waals surface area (Å²) in [7, 11) is 0. The van der Waals surface area contributed by atoms with Gasteiger partial charge in [0.05, 0.1) is 17.9 Å². The number of hydrogen-bond donors (Lipinski definition) is 3. The Labute approximate surface area is 123 Å². The molecular formula is C15H22N4O2. The maximum absolute atomic E-state index is 11.7. The van der Waals surface area contributed by atoms with Crippen molar-refractivity contribution in [1.29, 1.82) is 0 Å². The van der Waals surface area contributed by atoms with E-state index >= 15 is 0 Å². The predicted molar refractivity (Wildman–Crippen MR) is 81.0 cm³/mol. The zero-order chi connectivity index (χ0) is 14.8. The molecule has 114 valence electrons. The highest BCUT2D eigenvalue weighted by molar-refractivity contribution is 5.77. The third kappa shape index (κ3) is 2.87. The number of nitrogens with one attached hydrogen (secondary N) is 2. The summed E-state index contributed by atoms with van der Waals surface area (Å²) in [5.41, 5.74) is 2.12. The Balaban J connectivity index is 1.72. The van der Waals surface area contributed by atoms with E-state index in [1.165, 1.54) is 19.2 Å². The van der Waals surface area contributed by atoms with Crippen LogP contribution in [0.2, 0.25) is 0 Å². The molecule has 0 spiro atoms. The van der Waals surface area contributed by atoms with Crippen molar-refractivity contribution in [2.45, 2.75) is 38.8 Å². The third-order valence-corrected chi connectivity index (χ3v) is 4.35. The summed E-state index contributed by atoms with van der Waals surface area (Å²) in [5.74, 6) is 0.367. The average Bonchev–Trinajstić information content (AvgIpc) is 3.02. The van der Waals surface area contributed by atoms with Gasteiger partial charge in [0.1, 0.15) is 5.52 Å². The first kappa shape index (κ1) is 14.3. The minimum atomic E-state index is -0.238. The first-order valence-corrected chi connectivity index (χ1v) is 7.63. The molecule has 3 heterocycles. The monoisotopic (exact) mass is 290 g/mol. The molecule has 1 aliphatic heterocycles. The van der Waals surface area contributed by atoms with Gasteiger partial charge < -0.3 is 15.1 Å². The van der Waals surface area contributed by atoms with Gasteiger partial charge in [0.15, 0.2) is 0 Å². The van der Waals surface area contributed by atoms with Crippen LogP contribution in [-0.4, -0.2) is 44.2 Å². The van der Waals surface area contributed by atoms with E-state index in [-0.39, 0.29) is 11.7 Å². The lowest BCUT2D eigenvalue weighted by atomic mass is 9.99. The van der Waals surface area contributed by atoms with Crippen LogP contribution in [0, 0.1) is 5.92 Å². The second-order valence-electron chi connectivity index (χ2n) is 5.93. The third-order valence-electron chi connectivity index (χ3n) is 4.35. The first-order chi connectivity index (χ1) is 10.2. The van der Waals surface area contributed by atoms with E-state index in [1.54, 1.807) is 0 Å². The fraction of sp³-hybridized carbons (Fsp3) is 0.600. The van der Waals surface area contributed by atoms with Gasteiger partial charge >= 0.3 is 0 Å². The number of aromatic amines is 2. The number of H-pyrrole nitrogens is 2. The van der Waals surface area contributed by atoms with E-state index < -0.39 is 0 Å². The van der Waals surface area contributed by atoms with Gasteiger partial charge in [-0.3, -0.25) is 9.69 Å². The Morgan fingerprint density at radius 2 is 2.29 bits per heavy atom. The molecule has 21 heavy (non-hydrogen) atoms. The van der Waals surface area contributed by atoms with E-state index in [0.717, 1.165) is 30.6 Å². The summed E-state index contributed by atoms with van der Waals surface area (Å²) < 4.78 is 0. The molecule has 2 aromatic rings. The van der Waals surface area contributed by atoms with Gasteiger partial charge in [-0.05, 0) is 12.3 Å². The van der Waals surface area contributed by atoms with Crippen molar-refractivity contribution in [1.82, 2.24) is 19.9 Å². The van der Waals surface area contributed by atoms with E-state index in [2.05, 4.69) is 26.8 Å². The topological polar surface area (TPSA) is 85.0 Å². The summed E-state index contributed by atoms with van der Waals surface area (Å²) in [5, 5.41) is 10.2. The first-order valence-electron chi connectivity index (χ1n) is 7.63. The molecule has 2 aromatic heterocycles. The number of nitrogens with zero attached hydrogens (tertiary/aromatic N) is 2. The average molecular weight is 290 g/mol. The number of β-amino-alcohol motifs (C(OH)–C–C–N with tert-alkyl or cyclic N) is 1. The van der Waals surface area contributed by atoms with Crippen molar-refractivity contribution in [2.24, 2.45) is 5.92 Å². The molecule has 3 N–H and O–H groups in total. The van der Waals surface area contributed by atoms with Gasteiger partial charge in [-0.1, -0.05) is 19.8 Å². The van der Waals surface area contributed by atoms with Crippen LogP contribution in [0.3, 0.4) is 0 Å². The molecule has 0 amide bonds. The maximum Gasteiger partial charge on any atom is 0.275 e. The molecule has 0 aromatic carbocycles. The second kappa shape index (κ2) is 5.99. The summed E-state index contributed by atoms with van der Waals surface area (Å²) in [6.07, 6.45) is 6.46. The normalized spacial score (nSPS) is 23.1. The van der Waals surface area contributed by atoms with E-state index in [9.17, 15) is 9.90 Å². The molecular weight excluding hydrogens is 268 g/mol. The highest BCUT2D eigenvalue weighted by Gasteiger charge is 2.30. The summed E-state index contributed by atoms with van der Waals surface area (Å²) in [6, 6.07) is 0. The Hall–Kier alpha value is -1.66. The molecule has 1 saturated heterocycles. The second-order valence-corrected chi connectivity index (χ2v) is 5.93. The lowest BCUT2D eigenvalue weighted by Gasteiger charge is -2.14. The fourth-order valence-corrected chi connectivity index (χ4v) is 3.19. The van der Waals surface area contributed by atoms with Gasteiger partial charge in [0.25, 0.3) is 5.56 Å². The molecule has 2 atom stereocenters. The van der Waals surface area contributed by atoms with Crippen LogP contribution >= 0.6 is 0 Å². The number of fused-ring (bicyclic) bond motifs is 1. The van der Waals surface area contributed by atoms with Crippen LogP contribution < -0.4 is 5.56 Å². The minimum Gasteiger partial charge on any atom is -0.391 e. The summed E-state index contributed by atoms with van der Waals surface area (Å²) >= 11 is 0. The van der Waals surface area contributed by atoms with E-state index in [1.807, 2.05) is 6.20 Å². The molecule has 0 unspecified atom stereocenters. The standard InChI is InChI=1S/C15H22N4O2/c1-2-3-4-10-6-19(8-12(10)20)7-11-5-16-14-13(11)17-9-18-15(14)21/h5,9-10,12,16,20H,2-4,6-8H2,1H3,(H,17,18,21)/t10-,12-/m0/s1. The zero-order valence-corrected chi connectivity index (χ0v) is 12.3. The number of unbranched alkanes of at least 4 members (excludes halogenated alkanes) is 1. The Morgan fingerprint density at radius 1 is 1.43 bits per heavy atom. The summed E-state index contributed by atoms with van der Waals surface area (Å²) in [4.78, 5) is 23.7. The van der Waals surface area contributed by atoms with Crippen molar-refractivity contribution in [3.8, 4) is 0 Å². The molecule has 0 bridgehead atoms. The largest absolute Gasteiger partial charge is 0.391 e. The van der Waals surface area contributed by atoms with Crippen molar-refractivity contribution < 1.29 is 5.11 Å². The van der Waals surface area contributed by atoms with Crippen molar-refractivity contribution in [3.05, 3.63) is 28.4 Å². The highest BCUT2D eigenvalue weighted by atomic mass is 16.3. The Bertz CT molecular complexity index is 663. The van der Waals surface area contributed by atoms with Crippen LogP contribution in [-0.2, 0) is 6.54 Å². The number of aliphatic hydroxyl groups excluding tert-OH is 1. The number of likely N-dealkylation sites (tertiary alicyclic amines) is 1. The molecule has 3 rings (SSSR count). The fourth-order valence-electron chi connectivity index (χ4n) is 3.19. The smallest absolute Gasteiger partial charge is 0.275 e. The summed E-state index contributed by atoms with van der Waals surface area (Å²) in [6.45, 7) is 4.51. The quantitative estimate of drug-likeness (QED) is 0.773. The molecule has 1 fully saturated rings. The van der Waals surface area contributed by atoms with Crippen molar-refractivity contribution in [3.63, 3.8) is 0 Å². The van der Waals surface area contributed by atoms with Crippen LogP contribution in [0.4, 0.5) is 0 Å². The molecule has 6 nitrogen and oxygen atoms in total. The lowest BCUT2D eigenvalue weighted by Crippen LogP contribution is -2.21.